The van der Waals surface area contributed by atoms with Gasteiger partial charge in [-0.25, -0.2) is 0 Å². The van der Waals surface area contributed by atoms with Crippen LogP contribution in [0.1, 0.15) is 39.5 Å². The molecule has 2 rings (SSSR count). The van der Waals surface area contributed by atoms with Crippen molar-refractivity contribution >= 4 is 5.97 Å². The fraction of sp³-hybridized carbons (Fsp3) is 0.917. The van der Waals surface area contributed by atoms with Crippen LogP contribution in [0.25, 0.3) is 0 Å². The first-order chi connectivity index (χ1) is 7.62. The average molecular weight is 227 g/mol. The van der Waals surface area contributed by atoms with Gasteiger partial charge in [0.1, 0.15) is 5.54 Å². The SMILES string of the molecule is CCC1(C(=O)O)CCCN1C1CCOC1C. The molecule has 3 atom stereocenters. The number of carboxylic acids is 1. The molecule has 2 aliphatic heterocycles. The molecule has 0 aliphatic carbocycles. The van der Waals surface area contributed by atoms with Crippen LogP contribution >= 0.6 is 0 Å². The summed E-state index contributed by atoms with van der Waals surface area (Å²) in [6.07, 6.45) is 3.59. The topological polar surface area (TPSA) is 49.8 Å². The highest BCUT2D eigenvalue weighted by Gasteiger charge is 2.50. The lowest BCUT2D eigenvalue weighted by molar-refractivity contribution is -0.152. The standard InChI is InChI=1S/C12H21NO3/c1-3-12(11(14)15)6-4-7-13(12)10-5-8-16-9(10)2/h9-10H,3-8H2,1-2H3,(H,14,15). The van der Waals surface area contributed by atoms with E-state index in [1.807, 2.05) is 6.92 Å². The van der Waals surface area contributed by atoms with E-state index in [1.54, 1.807) is 0 Å². The molecule has 4 heteroatoms. The van der Waals surface area contributed by atoms with Crippen molar-refractivity contribution in [1.29, 1.82) is 0 Å². The summed E-state index contributed by atoms with van der Waals surface area (Å²) in [6.45, 7) is 5.70. The molecule has 16 heavy (non-hydrogen) atoms. The first-order valence-corrected chi connectivity index (χ1v) is 6.23. The van der Waals surface area contributed by atoms with E-state index in [2.05, 4.69) is 11.8 Å². The third-order valence-electron chi connectivity index (χ3n) is 4.26. The normalized spacial score (nSPS) is 40.4. The molecule has 0 aromatic heterocycles. The fourth-order valence-electron chi connectivity index (χ4n) is 3.27. The highest BCUT2D eigenvalue weighted by atomic mass is 16.5. The van der Waals surface area contributed by atoms with Gasteiger partial charge in [-0.15, -0.1) is 0 Å². The zero-order valence-electron chi connectivity index (χ0n) is 10.1. The molecule has 2 saturated heterocycles. The van der Waals surface area contributed by atoms with Gasteiger partial charge in [-0.2, -0.15) is 0 Å². The highest BCUT2D eigenvalue weighted by molar-refractivity contribution is 5.79. The summed E-state index contributed by atoms with van der Waals surface area (Å²) in [5.41, 5.74) is -0.632. The number of hydrogen-bond donors (Lipinski definition) is 1. The molecule has 1 N–H and O–H groups in total. The summed E-state index contributed by atoms with van der Waals surface area (Å²) in [5.74, 6) is -0.661. The van der Waals surface area contributed by atoms with E-state index in [-0.39, 0.29) is 6.10 Å². The summed E-state index contributed by atoms with van der Waals surface area (Å²) in [7, 11) is 0. The van der Waals surface area contributed by atoms with E-state index in [1.165, 1.54) is 0 Å². The van der Waals surface area contributed by atoms with Gasteiger partial charge in [-0.1, -0.05) is 6.92 Å². The molecule has 0 aromatic carbocycles. The summed E-state index contributed by atoms with van der Waals surface area (Å²) >= 11 is 0. The van der Waals surface area contributed by atoms with Crippen LogP contribution in [0.3, 0.4) is 0 Å². The van der Waals surface area contributed by atoms with Crippen molar-refractivity contribution in [2.24, 2.45) is 0 Å². The Bertz CT molecular complexity index is 281. The predicted molar refractivity (Wildman–Crippen MR) is 60.4 cm³/mol. The van der Waals surface area contributed by atoms with E-state index < -0.39 is 11.5 Å². The molecule has 0 saturated carbocycles. The number of carboxylic acid groups (broad SMARTS) is 1. The molecule has 2 aliphatic rings. The summed E-state index contributed by atoms with van der Waals surface area (Å²) in [4.78, 5) is 13.7. The van der Waals surface area contributed by atoms with Crippen molar-refractivity contribution in [2.45, 2.75) is 57.2 Å². The Morgan fingerprint density at radius 1 is 1.62 bits per heavy atom. The van der Waals surface area contributed by atoms with E-state index >= 15 is 0 Å². The van der Waals surface area contributed by atoms with Gasteiger partial charge < -0.3 is 9.84 Å². The lowest BCUT2D eigenvalue weighted by Gasteiger charge is -2.39. The molecule has 4 nitrogen and oxygen atoms in total. The van der Waals surface area contributed by atoms with Crippen LogP contribution in [-0.4, -0.2) is 46.8 Å². The maximum absolute atomic E-state index is 11.5. The summed E-state index contributed by atoms with van der Waals surface area (Å²) < 4.78 is 5.56. The number of ether oxygens (including phenoxy) is 1. The van der Waals surface area contributed by atoms with Crippen molar-refractivity contribution < 1.29 is 14.6 Å². The number of likely N-dealkylation sites (tertiary alicyclic amines) is 1. The zero-order chi connectivity index (χ0) is 11.8. The van der Waals surface area contributed by atoms with E-state index in [0.717, 1.165) is 32.4 Å². The van der Waals surface area contributed by atoms with Gasteiger partial charge in [-0.3, -0.25) is 9.69 Å². The second-order valence-corrected chi connectivity index (χ2v) is 4.92. The number of rotatable bonds is 3. The molecular weight excluding hydrogens is 206 g/mol. The highest BCUT2D eigenvalue weighted by Crippen LogP contribution is 2.37. The van der Waals surface area contributed by atoms with Gasteiger partial charge in [-0.05, 0) is 39.2 Å². The third kappa shape index (κ3) is 1.64. The Labute approximate surface area is 96.6 Å². The Morgan fingerprint density at radius 2 is 2.38 bits per heavy atom. The molecule has 92 valence electrons. The Morgan fingerprint density at radius 3 is 2.88 bits per heavy atom. The van der Waals surface area contributed by atoms with E-state index in [0.29, 0.717) is 12.5 Å². The zero-order valence-corrected chi connectivity index (χ0v) is 10.1. The predicted octanol–water partition coefficient (Wildman–Crippen LogP) is 1.49. The molecular formula is C12H21NO3. The Kier molecular flexibility index (Phi) is 3.22. The number of hydrogen-bond acceptors (Lipinski definition) is 3. The van der Waals surface area contributed by atoms with Crippen LogP contribution in [0.15, 0.2) is 0 Å². The molecule has 2 heterocycles. The molecule has 2 fully saturated rings. The van der Waals surface area contributed by atoms with Gasteiger partial charge in [0.2, 0.25) is 0 Å². The maximum atomic E-state index is 11.5. The number of aliphatic carboxylic acids is 1. The van der Waals surface area contributed by atoms with Gasteiger partial charge in [0.05, 0.1) is 6.10 Å². The van der Waals surface area contributed by atoms with Crippen LogP contribution in [0.5, 0.6) is 0 Å². The van der Waals surface area contributed by atoms with Crippen molar-refractivity contribution in [1.82, 2.24) is 4.90 Å². The Balaban J connectivity index is 2.22. The van der Waals surface area contributed by atoms with Crippen LogP contribution < -0.4 is 0 Å². The van der Waals surface area contributed by atoms with Crippen LogP contribution in [0.4, 0.5) is 0 Å². The van der Waals surface area contributed by atoms with Crippen LogP contribution in [-0.2, 0) is 9.53 Å². The van der Waals surface area contributed by atoms with Gasteiger partial charge in [0.15, 0.2) is 0 Å². The van der Waals surface area contributed by atoms with Crippen molar-refractivity contribution in [3.63, 3.8) is 0 Å². The monoisotopic (exact) mass is 227 g/mol. The maximum Gasteiger partial charge on any atom is 0.324 e. The number of carbonyl (C=O) groups is 1. The molecule has 0 radical (unpaired) electrons. The molecule has 0 aromatic rings. The number of nitrogens with zero attached hydrogens (tertiary/aromatic N) is 1. The van der Waals surface area contributed by atoms with Crippen molar-refractivity contribution in [2.75, 3.05) is 13.2 Å². The smallest absolute Gasteiger partial charge is 0.324 e. The van der Waals surface area contributed by atoms with Gasteiger partial charge in [0, 0.05) is 12.6 Å². The largest absolute Gasteiger partial charge is 0.480 e. The minimum absolute atomic E-state index is 0.170. The van der Waals surface area contributed by atoms with Crippen molar-refractivity contribution in [3.8, 4) is 0 Å². The van der Waals surface area contributed by atoms with E-state index in [4.69, 9.17) is 4.74 Å². The molecule has 0 amide bonds. The van der Waals surface area contributed by atoms with Crippen LogP contribution in [0, 0.1) is 0 Å². The van der Waals surface area contributed by atoms with Crippen LogP contribution in [0.2, 0.25) is 0 Å². The molecule has 0 spiro atoms. The lowest BCUT2D eigenvalue weighted by Crippen LogP contribution is -2.56. The minimum Gasteiger partial charge on any atom is -0.480 e. The second-order valence-electron chi connectivity index (χ2n) is 4.92. The first-order valence-electron chi connectivity index (χ1n) is 6.23. The van der Waals surface area contributed by atoms with E-state index in [9.17, 15) is 9.90 Å². The summed E-state index contributed by atoms with van der Waals surface area (Å²) in [5, 5.41) is 9.50. The second kappa shape index (κ2) is 4.34. The quantitative estimate of drug-likeness (QED) is 0.793. The first kappa shape index (κ1) is 11.9. The minimum atomic E-state index is -0.661. The summed E-state index contributed by atoms with van der Waals surface area (Å²) in [6, 6.07) is 0.290. The van der Waals surface area contributed by atoms with Gasteiger partial charge in [0.25, 0.3) is 0 Å². The fourth-order valence-corrected chi connectivity index (χ4v) is 3.27. The van der Waals surface area contributed by atoms with Crippen molar-refractivity contribution in [3.05, 3.63) is 0 Å². The van der Waals surface area contributed by atoms with Gasteiger partial charge >= 0.3 is 5.97 Å². The Hall–Kier alpha value is -0.610. The lowest BCUT2D eigenvalue weighted by atomic mass is 9.91. The molecule has 3 unspecified atom stereocenters. The average Bonchev–Trinajstić information content (AvgIpc) is 2.83. The molecule has 0 bridgehead atoms. The third-order valence-corrected chi connectivity index (χ3v) is 4.26.